The lowest BCUT2D eigenvalue weighted by molar-refractivity contribution is -0.141. The SMILES string of the molecule is Cc1cc2c(cc(C)n2Cc2cnc(C(F)(F)F)cn2)nc1NC(=O)CC1CC(F)(F)C1. The van der Waals surface area contributed by atoms with E-state index in [1.807, 2.05) is 11.5 Å². The molecular weight excluding hydrogens is 433 g/mol. The van der Waals surface area contributed by atoms with Crippen LogP contribution < -0.4 is 5.32 Å². The molecular formula is C21H20F5N5O. The van der Waals surface area contributed by atoms with Crippen LogP contribution in [0.5, 0.6) is 0 Å². The second-order valence-corrected chi connectivity index (χ2v) is 8.20. The van der Waals surface area contributed by atoms with Crippen molar-refractivity contribution in [2.45, 2.75) is 51.8 Å². The van der Waals surface area contributed by atoms with E-state index in [9.17, 15) is 26.7 Å². The molecule has 0 aliphatic heterocycles. The summed E-state index contributed by atoms with van der Waals surface area (Å²) in [5.74, 6) is -3.02. The molecule has 3 heterocycles. The third-order valence-corrected chi connectivity index (χ3v) is 5.51. The van der Waals surface area contributed by atoms with Gasteiger partial charge in [0.25, 0.3) is 0 Å². The summed E-state index contributed by atoms with van der Waals surface area (Å²) in [5.41, 5.74) is 2.07. The fraction of sp³-hybridized carbons (Fsp3) is 0.429. The molecule has 11 heteroatoms. The normalized spacial score (nSPS) is 16.2. The van der Waals surface area contributed by atoms with E-state index in [0.717, 1.165) is 17.4 Å². The monoisotopic (exact) mass is 453 g/mol. The highest BCUT2D eigenvalue weighted by Gasteiger charge is 2.45. The molecule has 3 aromatic rings. The van der Waals surface area contributed by atoms with E-state index < -0.39 is 17.8 Å². The summed E-state index contributed by atoms with van der Waals surface area (Å²) in [5, 5.41) is 2.69. The molecule has 0 aromatic carbocycles. The van der Waals surface area contributed by atoms with E-state index in [2.05, 4.69) is 20.3 Å². The molecule has 1 amide bonds. The third kappa shape index (κ3) is 4.56. The van der Waals surface area contributed by atoms with Crippen LogP contribution in [0.15, 0.2) is 24.5 Å². The molecule has 0 saturated heterocycles. The minimum atomic E-state index is -4.55. The maximum absolute atomic E-state index is 13.0. The van der Waals surface area contributed by atoms with Gasteiger partial charge in [-0.25, -0.2) is 18.7 Å². The number of hydrogen-bond acceptors (Lipinski definition) is 4. The number of nitrogens with one attached hydrogen (secondary N) is 1. The Labute approximate surface area is 179 Å². The number of pyridine rings is 1. The number of alkyl halides is 5. The van der Waals surface area contributed by atoms with Gasteiger partial charge < -0.3 is 9.88 Å². The van der Waals surface area contributed by atoms with Crippen molar-refractivity contribution in [3.8, 4) is 0 Å². The van der Waals surface area contributed by atoms with Crippen molar-refractivity contribution in [1.29, 1.82) is 0 Å². The number of anilines is 1. The Hall–Kier alpha value is -3.11. The topological polar surface area (TPSA) is 72.7 Å². The first-order valence-corrected chi connectivity index (χ1v) is 9.94. The van der Waals surface area contributed by atoms with E-state index in [4.69, 9.17) is 0 Å². The van der Waals surface area contributed by atoms with Crippen molar-refractivity contribution in [3.63, 3.8) is 0 Å². The highest BCUT2D eigenvalue weighted by Crippen LogP contribution is 2.44. The highest BCUT2D eigenvalue weighted by atomic mass is 19.4. The second kappa shape index (κ2) is 7.79. The molecule has 0 unspecified atom stereocenters. The number of carbonyl (C=O) groups is 1. The molecule has 4 rings (SSSR count). The van der Waals surface area contributed by atoms with Gasteiger partial charge >= 0.3 is 6.18 Å². The second-order valence-electron chi connectivity index (χ2n) is 8.20. The van der Waals surface area contributed by atoms with Gasteiger partial charge in [0, 0.05) is 25.0 Å². The van der Waals surface area contributed by atoms with Crippen molar-refractivity contribution in [2.24, 2.45) is 5.92 Å². The van der Waals surface area contributed by atoms with E-state index >= 15 is 0 Å². The Bertz CT molecular complexity index is 1160. The van der Waals surface area contributed by atoms with Gasteiger partial charge in [0.05, 0.1) is 35.7 Å². The first kappa shape index (κ1) is 22.1. The molecule has 32 heavy (non-hydrogen) atoms. The Kier molecular flexibility index (Phi) is 5.38. The molecule has 1 fully saturated rings. The van der Waals surface area contributed by atoms with Crippen LogP contribution in [0.2, 0.25) is 0 Å². The smallest absolute Gasteiger partial charge is 0.337 e. The van der Waals surface area contributed by atoms with Gasteiger partial charge in [-0.1, -0.05) is 0 Å². The van der Waals surface area contributed by atoms with Crippen LogP contribution in [0.25, 0.3) is 11.0 Å². The van der Waals surface area contributed by atoms with E-state index in [0.29, 0.717) is 28.8 Å². The van der Waals surface area contributed by atoms with Gasteiger partial charge in [0.2, 0.25) is 11.8 Å². The van der Waals surface area contributed by atoms with E-state index in [-0.39, 0.29) is 37.6 Å². The van der Waals surface area contributed by atoms with Crippen LogP contribution in [0.1, 0.15) is 41.9 Å². The molecule has 3 aromatic heterocycles. The molecule has 1 N–H and O–H groups in total. The summed E-state index contributed by atoms with van der Waals surface area (Å²) in [4.78, 5) is 24.0. The molecule has 170 valence electrons. The first-order valence-electron chi connectivity index (χ1n) is 9.94. The Morgan fingerprint density at radius 1 is 1.19 bits per heavy atom. The molecule has 0 spiro atoms. The molecule has 0 atom stereocenters. The number of fused-ring (bicyclic) bond motifs is 1. The minimum Gasteiger partial charge on any atom is -0.337 e. The average molecular weight is 453 g/mol. The predicted molar refractivity (Wildman–Crippen MR) is 106 cm³/mol. The highest BCUT2D eigenvalue weighted by molar-refractivity contribution is 5.92. The molecule has 1 aliphatic rings. The standard InChI is InChI=1S/C21H20F5N5O/c1-11-3-16-15(29-19(11)30-18(32)5-13-6-20(22,23)7-13)4-12(2)31(16)10-14-8-28-17(9-27-14)21(24,25)26/h3-4,8-9,13H,5-7,10H2,1-2H3,(H,29,30,32). The maximum Gasteiger partial charge on any atom is 0.434 e. The van der Waals surface area contributed by atoms with Crippen LogP contribution >= 0.6 is 0 Å². The summed E-state index contributed by atoms with van der Waals surface area (Å²) in [7, 11) is 0. The zero-order valence-corrected chi connectivity index (χ0v) is 17.3. The van der Waals surface area contributed by atoms with Gasteiger partial charge in [-0.2, -0.15) is 13.2 Å². The number of aromatic nitrogens is 4. The van der Waals surface area contributed by atoms with Crippen molar-refractivity contribution in [1.82, 2.24) is 19.5 Å². The van der Waals surface area contributed by atoms with Crippen LogP contribution in [0.3, 0.4) is 0 Å². The summed E-state index contributed by atoms with van der Waals surface area (Å²) in [6, 6.07) is 3.59. The number of halogens is 5. The lowest BCUT2D eigenvalue weighted by Gasteiger charge is -2.34. The van der Waals surface area contributed by atoms with E-state index in [1.54, 1.807) is 19.1 Å². The quantitative estimate of drug-likeness (QED) is 0.559. The van der Waals surface area contributed by atoms with Gasteiger partial charge in [-0.15, -0.1) is 0 Å². The molecule has 6 nitrogen and oxygen atoms in total. The Morgan fingerprint density at radius 3 is 2.50 bits per heavy atom. The van der Waals surface area contributed by atoms with Gasteiger partial charge in [-0.3, -0.25) is 9.78 Å². The number of carbonyl (C=O) groups excluding carboxylic acids is 1. The maximum atomic E-state index is 13.0. The van der Waals surface area contributed by atoms with Gasteiger partial charge in [0.1, 0.15) is 5.82 Å². The zero-order chi connectivity index (χ0) is 23.3. The third-order valence-electron chi connectivity index (χ3n) is 5.51. The van der Waals surface area contributed by atoms with Crippen molar-refractivity contribution >= 4 is 22.8 Å². The van der Waals surface area contributed by atoms with Crippen molar-refractivity contribution < 1.29 is 26.7 Å². The minimum absolute atomic E-state index is 0.0153. The van der Waals surface area contributed by atoms with Gasteiger partial charge in [0.15, 0.2) is 5.69 Å². The fourth-order valence-electron chi connectivity index (χ4n) is 3.86. The number of nitrogens with zero attached hydrogens (tertiary/aromatic N) is 4. The fourth-order valence-corrected chi connectivity index (χ4v) is 3.86. The lowest BCUT2D eigenvalue weighted by Crippen LogP contribution is -2.37. The Balaban J connectivity index is 1.51. The van der Waals surface area contributed by atoms with Gasteiger partial charge in [-0.05, 0) is 37.5 Å². The van der Waals surface area contributed by atoms with Crippen molar-refractivity contribution in [2.75, 3.05) is 5.32 Å². The largest absolute Gasteiger partial charge is 0.434 e. The number of aryl methyl sites for hydroxylation is 2. The van der Waals surface area contributed by atoms with E-state index in [1.165, 1.54) is 0 Å². The summed E-state index contributed by atoms with van der Waals surface area (Å²) in [6.45, 7) is 3.77. The molecule has 0 bridgehead atoms. The van der Waals surface area contributed by atoms with Crippen LogP contribution in [0.4, 0.5) is 27.8 Å². The molecule has 1 aliphatic carbocycles. The zero-order valence-electron chi connectivity index (χ0n) is 17.3. The molecule has 1 saturated carbocycles. The summed E-state index contributed by atoms with van der Waals surface area (Å²) in [6.07, 6.45) is -3.30. The number of hydrogen-bond donors (Lipinski definition) is 1. The molecule has 0 radical (unpaired) electrons. The first-order chi connectivity index (χ1) is 14.9. The predicted octanol–water partition coefficient (Wildman–Crippen LogP) is 4.88. The Morgan fingerprint density at radius 2 is 1.91 bits per heavy atom. The van der Waals surface area contributed by atoms with Crippen molar-refractivity contribution in [3.05, 3.63) is 47.2 Å². The van der Waals surface area contributed by atoms with Crippen LogP contribution in [-0.2, 0) is 17.5 Å². The average Bonchev–Trinajstić information content (AvgIpc) is 2.95. The van der Waals surface area contributed by atoms with Crippen LogP contribution in [-0.4, -0.2) is 31.3 Å². The van der Waals surface area contributed by atoms with Crippen LogP contribution in [0, 0.1) is 19.8 Å². The number of rotatable bonds is 5. The lowest BCUT2D eigenvalue weighted by atomic mass is 9.79. The summed E-state index contributed by atoms with van der Waals surface area (Å²) >= 11 is 0. The number of amides is 1. The summed E-state index contributed by atoms with van der Waals surface area (Å²) < 4.78 is 65.8.